The monoisotopic (exact) mass is 233 g/mol. The highest BCUT2D eigenvalue weighted by atomic mass is 16.7. The Bertz CT molecular complexity index is 494. The van der Waals surface area contributed by atoms with E-state index in [2.05, 4.69) is 5.18 Å². The maximum atomic E-state index is 11.8. The molecule has 1 aromatic rings. The number of fused-ring (bicyclic) bond motifs is 1. The lowest BCUT2D eigenvalue weighted by Crippen LogP contribution is -2.02. The molecule has 0 aromatic heterocycles. The lowest BCUT2D eigenvalue weighted by Gasteiger charge is -2.07. The van der Waals surface area contributed by atoms with Crippen molar-refractivity contribution in [3.05, 3.63) is 40.3 Å². The second-order valence-electron chi connectivity index (χ2n) is 3.48. The normalized spacial score (nSPS) is 13.0. The largest absolute Gasteiger partial charge is 0.454 e. The van der Waals surface area contributed by atoms with Crippen molar-refractivity contribution in [3.8, 4) is 11.5 Å². The number of nitrogens with zero attached hydrogens (tertiary/aromatic N) is 1. The number of benzene rings is 1. The second kappa shape index (κ2) is 4.78. The summed E-state index contributed by atoms with van der Waals surface area (Å²) >= 11 is 0. The number of ether oxygens (including phenoxy) is 2. The molecule has 88 valence electrons. The lowest BCUT2D eigenvalue weighted by atomic mass is 10.0. The molecule has 0 atom stereocenters. The highest BCUT2D eigenvalue weighted by molar-refractivity contribution is 6.06. The molecular formula is C12H11NO4. The molecule has 0 unspecified atom stereocenters. The first-order chi connectivity index (χ1) is 8.27. The minimum Gasteiger partial charge on any atom is -0.454 e. The Hall–Kier alpha value is -2.17. The van der Waals surface area contributed by atoms with Gasteiger partial charge in [-0.25, -0.2) is 0 Å². The van der Waals surface area contributed by atoms with Gasteiger partial charge in [0.05, 0.1) is 0 Å². The molecule has 1 aromatic carbocycles. The molecule has 1 aliphatic rings. The molecule has 17 heavy (non-hydrogen) atoms. The summed E-state index contributed by atoms with van der Waals surface area (Å²) in [7, 11) is 0. The number of hydrogen-bond donors (Lipinski definition) is 0. The van der Waals surface area contributed by atoms with Crippen molar-refractivity contribution in [2.75, 3.05) is 6.79 Å². The number of allylic oxidation sites excluding steroid dienone is 2. The Morgan fingerprint density at radius 2 is 2.29 bits per heavy atom. The van der Waals surface area contributed by atoms with Crippen LogP contribution in [0.3, 0.4) is 0 Å². The molecule has 1 heterocycles. The smallest absolute Gasteiger partial charge is 0.231 e. The van der Waals surface area contributed by atoms with Gasteiger partial charge >= 0.3 is 0 Å². The zero-order valence-corrected chi connectivity index (χ0v) is 9.30. The number of carbonyl (C=O) groups is 1. The first-order valence-corrected chi connectivity index (χ1v) is 5.15. The van der Waals surface area contributed by atoms with Gasteiger partial charge in [-0.05, 0) is 25.1 Å². The summed E-state index contributed by atoms with van der Waals surface area (Å²) in [6.45, 7) is 1.75. The van der Waals surface area contributed by atoms with E-state index >= 15 is 0 Å². The highest BCUT2D eigenvalue weighted by Crippen LogP contribution is 2.38. The third-order valence-electron chi connectivity index (χ3n) is 2.45. The Balaban J connectivity index is 2.52. The predicted molar refractivity (Wildman–Crippen MR) is 61.2 cm³/mol. The second-order valence-corrected chi connectivity index (χ2v) is 3.48. The minimum atomic E-state index is -0.176. The summed E-state index contributed by atoms with van der Waals surface area (Å²) in [6.07, 6.45) is 3.08. The van der Waals surface area contributed by atoms with E-state index in [1.165, 1.54) is 6.08 Å². The molecule has 5 nitrogen and oxygen atoms in total. The fraction of sp³-hybridized carbons (Fsp3) is 0.250. The van der Waals surface area contributed by atoms with Crippen LogP contribution in [0.4, 0.5) is 0 Å². The number of carbonyl (C=O) groups excluding carboxylic acids is 1. The van der Waals surface area contributed by atoms with Crippen LogP contribution in [0.25, 0.3) is 0 Å². The van der Waals surface area contributed by atoms with Gasteiger partial charge in [0.1, 0.15) is 6.54 Å². The van der Waals surface area contributed by atoms with Crippen LogP contribution >= 0.6 is 0 Å². The van der Waals surface area contributed by atoms with Crippen molar-refractivity contribution in [3.63, 3.8) is 0 Å². The van der Waals surface area contributed by atoms with Gasteiger partial charge < -0.3 is 9.47 Å². The van der Waals surface area contributed by atoms with Gasteiger partial charge in [-0.1, -0.05) is 11.3 Å². The number of rotatable bonds is 4. The van der Waals surface area contributed by atoms with Crippen molar-refractivity contribution in [2.24, 2.45) is 5.18 Å². The molecule has 5 heteroatoms. The predicted octanol–water partition coefficient (Wildman–Crippen LogP) is 2.44. The van der Waals surface area contributed by atoms with Crippen LogP contribution in [0, 0.1) is 4.91 Å². The van der Waals surface area contributed by atoms with Crippen LogP contribution in [-0.4, -0.2) is 12.6 Å². The van der Waals surface area contributed by atoms with Crippen molar-refractivity contribution in [1.29, 1.82) is 0 Å². The van der Waals surface area contributed by atoms with E-state index in [0.717, 1.165) is 0 Å². The standard InChI is InChI=1S/C12H11NO4/c1-2-3-10(14)8-4-5-11-12(17-7-16-11)9(8)6-13-15/h2-5H,6-7H2,1H3/b3-2+. The van der Waals surface area contributed by atoms with Crippen LogP contribution < -0.4 is 9.47 Å². The summed E-state index contributed by atoms with van der Waals surface area (Å²) in [5.41, 5.74) is 0.907. The van der Waals surface area contributed by atoms with Crippen LogP contribution in [0.1, 0.15) is 22.8 Å². The van der Waals surface area contributed by atoms with Gasteiger partial charge in [-0.3, -0.25) is 4.79 Å². The van der Waals surface area contributed by atoms with Crippen molar-refractivity contribution in [2.45, 2.75) is 13.5 Å². The molecule has 0 N–H and O–H groups in total. The molecular weight excluding hydrogens is 222 g/mol. The maximum absolute atomic E-state index is 11.8. The molecule has 2 rings (SSSR count). The van der Waals surface area contributed by atoms with E-state index in [1.807, 2.05) is 0 Å². The van der Waals surface area contributed by atoms with E-state index in [9.17, 15) is 9.70 Å². The fourth-order valence-corrected chi connectivity index (χ4v) is 1.72. The number of hydrogen-bond acceptors (Lipinski definition) is 5. The minimum absolute atomic E-state index is 0.0997. The SMILES string of the molecule is C/C=C/C(=O)c1ccc2c(c1CN=O)OCO2. The van der Waals surface area contributed by atoms with Gasteiger partial charge in [-0.2, -0.15) is 4.91 Å². The van der Waals surface area contributed by atoms with Gasteiger partial charge in [0.15, 0.2) is 17.3 Å². The Morgan fingerprint density at radius 1 is 1.47 bits per heavy atom. The van der Waals surface area contributed by atoms with E-state index < -0.39 is 0 Å². The molecule has 0 spiro atoms. The summed E-state index contributed by atoms with van der Waals surface area (Å²) < 4.78 is 10.4. The first-order valence-electron chi connectivity index (χ1n) is 5.15. The molecule has 0 radical (unpaired) electrons. The van der Waals surface area contributed by atoms with E-state index in [-0.39, 0.29) is 19.1 Å². The van der Waals surface area contributed by atoms with Crippen molar-refractivity contribution in [1.82, 2.24) is 0 Å². The number of ketones is 1. The zero-order valence-electron chi connectivity index (χ0n) is 9.30. The molecule has 0 saturated carbocycles. The van der Waals surface area contributed by atoms with Crippen LogP contribution in [0.5, 0.6) is 11.5 Å². The summed E-state index contributed by atoms with van der Waals surface area (Å²) in [4.78, 5) is 22.2. The van der Waals surface area contributed by atoms with E-state index in [0.29, 0.717) is 22.6 Å². The summed E-state index contributed by atoms with van der Waals surface area (Å²) in [6, 6.07) is 3.28. The molecule has 0 fully saturated rings. The molecule has 1 aliphatic heterocycles. The molecule has 0 amide bonds. The molecule has 0 saturated heterocycles. The Morgan fingerprint density at radius 3 is 3.00 bits per heavy atom. The summed E-state index contributed by atoms with van der Waals surface area (Å²) in [5, 5.41) is 2.82. The van der Waals surface area contributed by atoms with Crippen LogP contribution in [-0.2, 0) is 6.54 Å². The van der Waals surface area contributed by atoms with Crippen molar-refractivity contribution >= 4 is 5.78 Å². The maximum Gasteiger partial charge on any atom is 0.231 e. The summed E-state index contributed by atoms with van der Waals surface area (Å²) in [5.74, 6) is 0.810. The lowest BCUT2D eigenvalue weighted by molar-refractivity contribution is 0.104. The molecule has 0 aliphatic carbocycles. The van der Waals surface area contributed by atoms with Gasteiger partial charge in [0.25, 0.3) is 0 Å². The molecule has 0 bridgehead atoms. The highest BCUT2D eigenvalue weighted by Gasteiger charge is 2.22. The van der Waals surface area contributed by atoms with E-state index in [4.69, 9.17) is 9.47 Å². The topological polar surface area (TPSA) is 65.0 Å². The average Bonchev–Trinajstić information content (AvgIpc) is 2.78. The van der Waals surface area contributed by atoms with E-state index in [1.54, 1.807) is 25.1 Å². The fourth-order valence-electron chi connectivity index (χ4n) is 1.72. The third kappa shape index (κ3) is 2.04. The zero-order chi connectivity index (χ0) is 12.3. The Kier molecular flexibility index (Phi) is 3.18. The van der Waals surface area contributed by atoms with Gasteiger partial charge in [0.2, 0.25) is 6.79 Å². The quantitative estimate of drug-likeness (QED) is 0.455. The van der Waals surface area contributed by atoms with Crippen LogP contribution in [0.2, 0.25) is 0 Å². The van der Waals surface area contributed by atoms with Crippen molar-refractivity contribution < 1.29 is 14.3 Å². The third-order valence-corrected chi connectivity index (χ3v) is 2.45. The Labute approximate surface area is 98.0 Å². The van der Waals surface area contributed by atoms with Gasteiger partial charge in [-0.15, -0.1) is 0 Å². The average molecular weight is 233 g/mol. The van der Waals surface area contributed by atoms with Gasteiger partial charge in [0, 0.05) is 11.1 Å². The van der Waals surface area contributed by atoms with Crippen LogP contribution in [0.15, 0.2) is 29.5 Å². The number of nitroso groups, excluding NO2 is 1. The first kappa shape index (κ1) is 11.3.